The van der Waals surface area contributed by atoms with Crippen LogP contribution in [0.3, 0.4) is 0 Å². The molecule has 0 aliphatic carbocycles. The molecule has 0 radical (unpaired) electrons. The highest BCUT2D eigenvalue weighted by atomic mass is 19.1. The summed E-state index contributed by atoms with van der Waals surface area (Å²) in [5, 5.41) is 0. The van der Waals surface area contributed by atoms with Crippen LogP contribution in [-0.4, -0.2) is 54.5 Å². The van der Waals surface area contributed by atoms with Crippen LogP contribution >= 0.6 is 0 Å². The van der Waals surface area contributed by atoms with Gasteiger partial charge < -0.3 is 14.5 Å². The predicted molar refractivity (Wildman–Crippen MR) is 86.6 cm³/mol. The van der Waals surface area contributed by atoms with Crippen molar-refractivity contribution in [2.24, 2.45) is 5.92 Å². The molecule has 6 heteroatoms. The van der Waals surface area contributed by atoms with E-state index >= 15 is 0 Å². The van der Waals surface area contributed by atoms with E-state index in [-0.39, 0.29) is 18.4 Å². The summed E-state index contributed by atoms with van der Waals surface area (Å²) in [5.74, 6) is -0.259. The Labute approximate surface area is 141 Å². The highest BCUT2D eigenvalue weighted by Crippen LogP contribution is 2.31. The number of benzene rings is 1. The molecule has 2 amide bonds. The number of halogens is 1. The van der Waals surface area contributed by atoms with Crippen LogP contribution < -0.4 is 0 Å². The van der Waals surface area contributed by atoms with Gasteiger partial charge in [0.25, 0.3) is 5.91 Å². The number of likely N-dealkylation sites (tertiary alicyclic amines) is 1. The standard InChI is InChI=1S/C18H23FN2O3/c1-12-5-4-8-21(10-12)18(23)17-16(20(2)15(22)11-24-17)13-6-3-7-14(19)9-13/h3,6-7,9,12,16-17H,4-5,8,10-11H2,1-2H3/t12-,16+,17-/m1/s1. The maximum atomic E-state index is 13.6. The van der Waals surface area contributed by atoms with E-state index in [1.54, 1.807) is 19.2 Å². The van der Waals surface area contributed by atoms with Gasteiger partial charge in [0.15, 0.2) is 6.10 Å². The lowest BCUT2D eigenvalue weighted by Crippen LogP contribution is -2.55. The number of hydrogen-bond acceptors (Lipinski definition) is 3. The number of hydrogen-bond donors (Lipinski definition) is 0. The molecule has 0 saturated carbocycles. The van der Waals surface area contributed by atoms with Crippen LogP contribution in [0.4, 0.5) is 4.39 Å². The van der Waals surface area contributed by atoms with Gasteiger partial charge in [0, 0.05) is 20.1 Å². The molecule has 0 bridgehead atoms. The van der Waals surface area contributed by atoms with Crippen molar-refractivity contribution in [3.05, 3.63) is 35.6 Å². The number of rotatable bonds is 2. The van der Waals surface area contributed by atoms with Gasteiger partial charge in [-0.15, -0.1) is 0 Å². The zero-order chi connectivity index (χ0) is 17.3. The molecular formula is C18H23FN2O3. The zero-order valence-corrected chi connectivity index (χ0v) is 14.1. The van der Waals surface area contributed by atoms with Crippen molar-refractivity contribution in [3.63, 3.8) is 0 Å². The Bertz CT molecular complexity index is 636. The Morgan fingerprint density at radius 2 is 2.17 bits per heavy atom. The number of amides is 2. The van der Waals surface area contributed by atoms with Crippen LogP contribution in [0, 0.1) is 11.7 Å². The lowest BCUT2D eigenvalue weighted by molar-refractivity contribution is -0.168. The van der Waals surface area contributed by atoms with Gasteiger partial charge in [0.1, 0.15) is 12.4 Å². The van der Waals surface area contributed by atoms with Gasteiger partial charge >= 0.3 is 0 Å². The van der Waals surface area contributed by atoms with Crippen LogP contribution in [0.1, 0.15) is 31.4 Å². The SMILES string of the molecule is C[C@@H]1CCCN(C(=O)[C@@H]2OCC(=O)N(C)[C@H]2c2cccc(F)c2)C1. The lowest BCUT2D eigenvalue weighted by atomic mass is 9.95. The first-order valence-electron chi connectivity index (χ1n) is 8.39. The van der Waals surface area contributed by atoms with Crippen LogP contribution in [0.15, 0.2) is 24.3 Å². The molecule has 0 unspecified atom stereocenters. The van der Waals surface area contributed by atoms with E-state index in [0.717, 1.165) is 12.8 Å². The molecule has 130 valence electrons. The highest BCUT2D eigenvalue weighted by molar-refractivity contribution is 5.86. The Hall–Kier alpha value is -1.95. The highest BCUT2D eigenvalue weighted by Gasteiger charge is 2.42. The van der Waals surface area contributed by atoms with Gasteiger partial charge in [-0.25, -0.2) is 4.39 Å². The summed E-state index contributed by atoms with van der Waals surface area (Å²) < 4.78 is 19.3. The van der Waals surface area contributed by atoms with E-state index in [9.17, 15) is 14.0 Å². The van der Waals surface area contributed by atoms with Gasteiger partial charge in [-0.2, -0.15) is 0 Å². The minimum absolute atomic E-state index is 0.116. The Morgan fingerprint density at radius 3 is 2.88 bits per heavy atom. The third-order valence-electron chi connectivity index (χ3n) is 4.89. The van der Waals surface area contributed by atoms with Crippen LogP contribution in [0.5, 0.6) is 0 Å². The van der Waals surface area contributed by atoms with Gasteiger partial charge in [-0.3, -0.25) is 9.59 Å². The molecule has 0 aromatic heterocycles. The first-order valence-corrected chi connectivity index (χ1v) is 8.39. The second kappa shape index (κ2) is 6.89. The van der Waals surface area contributed by atoms with E-state index in [1.807, 2.05) is 4.90 Å². The molecule has 24 heavy (non-hydrogen) atoms. The van der Waals surface area contributed by atoms with Gasteiger partial charge in [-0.1, -0.05) is 19.1 Å². The second-order valence-corrected chi connectivity index (χ2v) is 6.77. The van der Waals surface area contributed by atoms with E-state index in [0.29, 0.717) is 24.6 Å². The van der Waals surface area contributed by atoms with E-state index in [4.69, 9.17) is 4.74 Å². The number of nitrogens with zero attached hydrogens (tertiary/aromatic N) is 2. The Balaban J connectivity index is 1.88. The molecule has 3 rings (SSSR count). The van der Waals surface area contributed by atoms with Gasteiger partial charge in [0.05, 0.1) is 6.04 Å². The average Bonchev–Trinajstić information content (AvgIpc) is 2.56. The number of likely N-dealkylation sites (N-methyl/N-ethyl adjacent to an activating group) is 1. The summed E-state index contributed by atoms with van der Waals surface area (Å²) in [6.07, 6.45) is 1.29. The van der Waals surface area contributed by atoms with Crippen molar-refractivity contribution in [2.45, 2.75) is 31.9 Å². The Kier molecular flexibility index (Phi) is 4.85. The molecule has 2 aliphatic rings. The predicted octanol–water partition coefficient (Wildman–Crippen LogP) is 1.98. The molecule has 2 aliphatic heterocycles. The first kappa shape index (κ1) is 16.9. The first-order chi connectivity index (χ1) is 11.5. The second-order valence-electron chi connectivity index (χ2n) is 6.77. The zero-order valence-electron chi connectivity index (χ0n) is 14.1. The summed E-state index contributed by atoms with van der Waals surface area (Å²) in [6, 6.07) is 5.42. The molecule has 2 saturated heterocycles. The summed E-state index contributed by atoms with van der Waals surface area (Å²) >= 11 is 0. The fourth-order valence-corrected chi connectivity index (χ4v) is 3.58. The quantitative estimate of drug-likeness (QED) is 0.831. The largest absolute Gasteiger partial charge is 0.356 e. The summed E-state index contributed by atoms with van der Waals surface area (Å²) in [4.78, 5) is 28.3. The van der Waals surface area contributed by atoms with E-state index in [1.165, 1.54) is 17.0 Å². The van der Waals surface area contributed by atoms with Gasteiger partial charge in [-0.05, 0) is 36.5 Å². The number of carbonyl (C=O) groups is 2. The maximum absolute atomic E-state index is 13.6. The van der Waals surface area contributed by atoms with Crippen molar-refractivity contribution >= 4 is 11.8 Å². The Morgan fingerprint density at radius 1 is 1.38 bits per heavy atom. The van der Waals surface area contributed by atoms with Crippen LogP contribution in [0.25, 0.3) is 0 Å². The summed E-state index contributed by atoms with van der Waals surface area (Å²) in [7, 11) is 1.64. The lowest BCUT2D eigenvalue weighted by Gasteiger charge is -2.41. The monoisotopic (exact) mass is 334 g/mol. The molecule has 1 aromatic carbocycles. The van der Waals surface area contributed by atoms with Crippen molar-refractivity contribution in [2.75, 3.05) is 26.7 Å². The molecule has 2 heterocycles. The molecule has 5 nitrogen and oxygen atoms in total. The summed E-state index contributed by atoms with van der Waals surface area (Å²) in [5.41, 5.74) is 0.578. The van der Waals surface area contributed by atoms with E-state index < -0.39 is 18.0 Å². The molecule has 3 atom stereocenters. The fourth-order valence-electron chi connectivity index (χ4n) is 3.58. The third-order valence-corrected chi connectivity index (χ3v) is 4.89. The van der Waals surface area contributed by atoms with E-state index in [2.05, 4.69) is 6.92 Å². The minimum Gasteiger partial charge on any atom is -0.356 e. The van der Waals surface area contributed by atoms with Crippen molar-refractivity contribution < 1.29 is 18.7 Å². The third kappa shape index (κ3) is 3.29. The normalized spacial score (nSPS) is 28.1. The number of carbonyl (C=O) groups excluding carboxylic acids is 2. The van der Waals surface area contributed by atoms with Crippen LogP contribution in [0.2, 0.25) is 0 Å². The van der Waals surface area contributed by atoms with Crippen molar-refractivity contribution in [1.82, 2.24) is 9.80 Å². The number of piperidine rings is 1. The van der Waals surface area contributed by atoms with Crippen molar-refractivity contribution in [1.29, 1.82) is 0 Å². The number of morpholine rings is 1. The maximum Gasteiger partial charge on any atom is 0.254 e. The molecule has 0 N–H and O–H groups in total. The fraction of sp³-hybridized carbons (Fsp3) is 0.556. The molecule has 1 aromatic rings. The summed E-state index contributed by atoms with van der Waals surface area (Å²) in [6.45, 7) is 3.41. The topological polar surface area (TPSA) is 49.9 Å². The van der Waals surface area contributed by atoms with Crippen molar-refractivity contribution in [3.8, 4) is 0 Å². The number of ether oxygens (including phenoxy) is 1. The molecule has 2 fully saturated rings. The average molecular weight is 334 g/mol. The van der Waals surface area contributed by atoms with Crippen LogP contribution in [-0.2, 0) is 14.3 Å². The minimum atomic E-state index is -0.792. The molecular weight excluding hydrogens is 311 g/mol. The molecule has 0 spiro atoms. The smallest absolute Gasteiger partial charge is 0.254 e. The van der Waals surface area contributed by atoms with Gasteiger partial charge in [0.2, 0.25) is 5.91 Å².